The third-order valence-corrected chi connectivity index (χ3v) is 6.45. The van der Waals surface area contributed by atoms with E-state index >= 15 is 0 Å². The molecule has 166 valence electrons. The lowest BCUT2D eigenvalue weighted by Crippen LogP contribution is -2.36. The predicted octanol–water partition coefficient (Wildman–Crippen LogP) is 4.46. The summed E-state index contributed by atoms with van der Waals surface area (Å²) in [6.07, 6.45) is 7.29. The van der Waals surface area contributed by atoms with Gasteiger partial charge in [0, 0.05) is 25.1 Å². The van der Waals surface area contributed by atoms with Gasteiger partial charge in [-0.25, -0.2) is 9.37 Å². The number of terminal acetylenes is 1. The number of imidazole rings is 1. The van der Waals surface area contributed by atoms with Crippen LogP contribution in [0, 0.1) is 29.5 Å². The maximum Gasteiger partial charge on any atom is 0.158 e. The maximum absolute atomic E-state index is 14.8. The fraction of sp³-hybridized carbons (Fsp3) is 0.308. The Morgan fingerprint density at radius 3 is 2.88 bits per heavy atom. The van der Waals surface area contributed by atoms with Crippen LogP contribution in [0.25, 0.3) is 33.5 Å². The lowest BCUT2D eigenvalue weighted by atomic mass is 10.1. The summed E-state index contributed by atoms with van der Waals surface area (Å²) in [5, 5.41) is 19.8. The monoisotopic (exact) mass is 441 g/mol. The van der Waals surface area contributed by atoms with Gasteiger partial charge in [0.15, 0.2) is 11.6 Å². The Morgan fingerprint density at radius 2 is 2.15 bits per heavy atom. The van der Waals surface area contributed by atoms with Crippen molar-refractivity contribution in [2.45, 2.75) is 32.4 Å². The SMILES string of the molecule is C#CCn1c(-c2cc3cccc4c3n2C(CC)CN4CCCO)nc2c(F)cc(C#N)cc21. The Morgan fingerprint density at radius 1 is 1.30 bits per heavy atom. The number of hydrogen-bond donors (Lipinski definition) is 1. The van der Waals surface area contributed by atoms with E-state index in [9.17, 15) is 14.8 Å². The van der Waals surface area contributed by atoms with Crippen LogP contribution in [0.15, 0.2) is 36.4 Å². The second-order valence-corrected chi connectivity index (χ2v) is 8.36. The van der Waals surface area contributed by atoms with Crippen LogP contribution in [0.4, 0.5) is 10.1 Å². The van der Waals surface area contributed by atoms with E-state index in [1.165, 1.54) is 6.07 Å². The van der Waals surface area contributed by atoms with E-state index < -0.39 is 5.82 Å². The highest BCUT2D eigenvalue weighted by Crippen LogP contribution is 2.42. The van der Waals surface area contributed by atoms with Crippen molar-refractivity contribution in [3.63, 3.8) is 0 Å². The predicted molar refractivity (Wildman–Crippen MR) is 127 cm³/mol. The van der Waals surface area contributed by atoms with Crippen LogP contribution in [-0.2, 0) is 6.54 Å². The second kappa shape index (κ2) is 8.27. The molecule has 0 radical (unpaired) electrons. The first kappa shape index (κ1) is 21.1. The van der Waals surface area contributed by atoms with E-state index in [0.29, 0.717) is 17.8 Å². The van der Waals surface area contributed by atoms with E-state index in [1.807, 2.05) is 16.7 Å². The van der Waals surface area contributed by atoms with E-state index in [-0.39, 0.29) is 30.3 Å². The zero-order chi connectivity index (χ0) is 23.1. The molecule has 0 saturated heterocycles. The number of halogens is 1. The van der Waals surface area contributed by atoms with Crippen LogP contribution in [0.2, 0.25) is 0 Å². The fourth-order valence-corrected chi connectivity index (χ4v) is 4.98. The molecule has 0 aliphatic carbocycles. The number of aliphatic hydroxyl groups is 1. The molecule has 2 aromatic carbocycles. The van der Waals surface area contributed by atoms with Gasteiger partial charge < -0.3 is 19.1 Å². The van der Waals surface area contributed by atoms with Crippen LogP contribution in [0.5, 0.6) is 0 Å². The van der Waals surface area contributed by atoms with Gasteiger partial charge in [0.2, 0.25) is 0 Å². The highest BCUT2D eigenvalue weighted by molar-refractivity contribution is 5.97. The molecule has 4 aromatic rings. The van der Waals surface area contributed by atoms with Gasteiger partial charge in [-0.05, 0) is 37.1 Å². The molecule has 0 saturated carbocycles. The molecule has 7 heteroatoms. The second-order valence-electron chi connectivity index (χ2n) is 8.36. The van der Waals surface area contributed by atoms with Crippen molar-refractivity contribution in [3.8, 4) is 29.9 Å². The van der Waals surface area contributed by atoms with Gasteiger partial charge in [-0.1, -0.05) is 25.0 Å². The van der Waals surface area contributed by atoms with Crippen LogP contribution in [-0.4, -0.2) is 38.9 Å². The van der Waals surface area contributed by atoms with Gasteiger partial charge in [-0.15, -0.1) is 6.42 Å². The molecule has 1 unspecified atom stereocenters. The smallest absolute Gasteiger partial charge is 0.158 e. The minimum Gasteiger partial charge on any atom is -0.396 e. The molecule has 5 rings (SSSR count). The molecule has 3 heterocycles. The Hall–Kier alpha value is -3.81. The average molecular weight is 442 g/mol. The normalized spacial score (nSPS) is 15.2. The summed E-state index contributed by atoms with van der Waals surface area (Å²) in [7, 11) is 0. The lowest BCUT2D eigenvalue weighted by molar-refractivity contribution is 0.288. The molecule has 33 heavy (non-hydrogen) atoms. The van der Waals surface area contributed by atoms with Crippen LogP contribution in [0.3, 0.4) is 0 Å². The molecule has 2 aromatic heterocycles. The molecule has 1 aliphatic rings. The summed E-state index contributed by atoms with van der Waals surface area (Å²) in [5.74, 6) is 2.73. The number of nitrogens with zero attached hydrogens (tertiary/aromatic N) is 5. The minimum atomic E-state index is -0.529. The van der Waals surface area contributed by atoms with Gasteiger partial charge in [0.1, 0.15) is 5.52 Å². The van der Waals surface area contributed by atoms with Gasteiger partial charge in [-0.3, -0.25) is 0 Å². The van der Waals surface area contributed by atoms with Crippen molar-refractivity contribution in [2.24, 2.45) is 0 Å². The Labute approximate surface area is 191 Å². The van der Waals surface area contributed by atoms with Gasteiger partial charge >= 0.3 is 0 Å². The number of benzene rings is 2. The molecule has 0 amide bonds. The molecule has 0 fully saturated rings. The molecular formula is C26H24FN5O. The standard InChI is InChI=1S/C26H24FN5O/c1-3-9-31-22-13-17(15-28)12-20(27)24(22)29-26(31)23-14-18-7-5-8-21-25(18)32(23)19(4-2)16-30(21)10-6-11-33/h1,5,7-8,12-14,19,33H,4,6,9-11,16H2,2H3. The highest BCUT2D eigenvalue weighted by atomic mass is 19.1. The molecule has 1 atom stereocenters. The Balaban J connectivity index is 1.80. The number of nitriles is 1. The van der Waals surface area contributed by atoms with Gasteiger partial charge in [0.25, 0.3) is 0 Å². The third-order valence-electron chi connectivity index (χ3n) is 6.45. The summed E-state index contributed by atoms with van der Waals surface area (Å²) in [5.41, 5.74) is 4.09. The summed E-state index contributed by atoms with van der Waals surface area (Å²) < 4.78 is 19.0. The number of hydrogen-bond acceptors (Lipinski definition) is 4. The van der Waals surface area contributed by atoms with E-state index in [4.69, 9.17) is 6.42 Å². The van der Waals surface area contributed by atoms with Gasteiger partial charge in [-0.2, -0.15) is 5.26 Å². The van der Waals surface area contributed by atoms with Crippen LogP contribution < -0.4 is 4.90 Å². The lowest BCUT2D eigenvalue weighted by Gasteiger charge is -2.36. The molecule has 0 spiro atoms. The van der Waals surface area contributed by atoms with E-state index in [0.717, 1.165) is 41.8 Å². The van der Waals surface area contributed by atoms with Crippen molar-refractivity contribution in [2.75, 3.05) is 24.6 Å². The summed E-state index contributed by atoms with van der Waals surface area (Å²) >= 11 is 0. The Kier molecular flexibility index (Phi) is 5.28. The number of anilines is 1. The number of aliphatic hydroxyl groups excluding tert-OH is 1. The molecule has 1 N–H and O–H groups in total. The maximum atomic E-state index is 14.8. The zero-order valence-electron chi connectivity index (χ0n) is 18.4. The minimum absolute atomic E-state index is 0.155. The highest BCUT2D eigenvalue weighted by Gasteiger charge is 2.30. The number of rotatable bonds is 6. The van der Waals surface area contributed by atoms with Gasteiger partial charge in [0.05, 0.1) is 46.6 Å². The van der Waals surface area contributed by atoms with E-state index in [2.05, 4.69) is 45.5 Å². The van der Waals surface area contributed by atoms with Crippen molar-refractivity contribution >= 4 is 27.6 Å². The van der Waals surface area contributed by atoms with Crippen molar-refractivity contribution < 1.29 is 9.50 Å². The number of para-hydroxylation sites is 1. The van der Waals surface area contributed by atoms with Crippen molar-refractivity contribution in [1.82, 2.24) is 14.1 Å². The topological polar surface area (TPSA) is 70.0 Å². The Bertz CT molecular complexity index is 1450. The summed E-state index contributed by atoms with van der Waals surface area (Å²) in [6.45, 7) is 4.12. The fourth-order valence-electron chi connectivity index (χ4n) is 4.98. The molecule has 0 bridgehead atoms. The first-order valence-electron chi connectivity index (χ1n) is 11.1. The zero-order valence-corrected chi connectivity index (χ0v) is 18.4. The summed E-state index contributed by atoms with van der Waals surface area (Å²) in [4.78, 5) is 7.02. The average Bonchev–Trinajstić information content (AvgIpc) is 3.39. The van der Waals surface area contributed by atoms with Crippen LogP contribution >= 0.6 is 0 Å². The molecule has 6 nitrogen and oxygen atoms in total. The first-order chi connectivity index (χ1) is 16.1. The molecule has 1 aliphatic heterocycles. The third kappa shape index (κ3) is 3.25. The van der Waals surface area contributed by atoms with Crippen LogP contribution in [0.1, 0.15) is 31.4 Å². The largest absolute Gasteiger partial charge is 0.396 e. The first-order valence-corrected chi connectivity index (χ1v) is 11.1. The quantitative estimate of drug-likeness (QED) is 0.449. The number of aromatic nitrogens is 3. The summed E-state index contributed by atoms with van der Waals surface area (Å²) in [6, 6.07) is 13.4. The number of fused-ring (bicyclic) bond motifs is 1. The van der Waals surface area contributed by atoms with Crippen molar-refractivity contribution in [3.05, 3.63) is 47.8 Å². The van der Waals surface area contributed by atoms with Crippen molar-refractivity contribution in [1.29, 1.82) is 5.26 Å². The molecular weight excluding hydrogens is 417 g/mol. The van der Waals surface area contributed by atoms with E-state index in [1.54, 1.807) is 6.07 Å².